The van der Waals surface area contributed by atoms with Crippen molar-refractivity contribution in [2.24, 2.45) is 0 Å². The minimum Gasteiger partial charge on any atom is -0.480 e. The van der Waals surface area contributed by atoms with Crippen LogP contribution in [0, 0.1) is 0 Å². The van der Waals surface area contributed by atoms with Crippen LogP contribution in [-0.2, 0) is 14.3 Å². The van der Waals surface area contributed by atoms with E-state index in [1.807, 2.05) is 0 Å². The number of alkyl carbamates (subject to hydrolysis) is 1. The number of carbonyl (C=O) groups is 3. The average Bonchev–Trinajstić information content (AvgIpc) is 2.72. The Hall–Kier alpha value is -2.26. The molecule has 4 N–H and O–H groups in total. The zero-order valence-electron chi connectivity index (χ0n) is 23.1. The molecule has 0 saturated carbocycles. The highest BCUT2D eigenvalue weighted by Crippen LogP contribution is 2.13. The maximum absolute atomic E-state index is 12.6. The fourth-order valence-corrected chi connectivity index (χ4v) is 4.00. The molecule has 0 aliphatic rings. The van der Waals surface area contributed by atoms with E-state index in [-0.39, 0.29) is 5.75 Å². The van der Waals surface area contributed by atoms with Crippen molar-refractivity contribution in [2.75, 3.05) is 11.5 Å². The molecule has 0 aliphatic carbocycles. The Balaban J connectivity index is 4.69. The number of aliphatic hydroxyl groups is 1. The van der Waals surface area contributed by atoms with E-state index in [0.29, 0.717) is 5.75 Å². The van der Waals surface area contributed by atoms with Gasteiger partial charge < -0.3 is 25.6 Å². The smallest absolute Gasteiger partial charge is 0.408 e. The first kappa shape index (κ1) is 33.7. The van der Waals surface area contributed by atoms with Crippen molar-refractivity contribution in [1.82, 2.24) is 10.6 Å². The first-order chi connectivity index (χ1) is 16.6. The number of ether oxygens (including phenoxy) is 1. The summed E-state index contributed by atoms with van der Waals surface area (Å²) >= 11 is 1.39. The summed E-state index contributed by atoms with van der Waals surface area (Å²) in [6.07, 6.45) is 8.50. The molecular weight excluding hydrogens is 480 g/mol. The molecule has 9 heteroatoms. The van der Waals surface area contributed by atoms with Crippen molar-refractivity contribution < 1.29 is 29.3 Å². The zero-order valence-corrected chi connectivity index (χ0v) is 24.0. The maximum Gasteiger partial charge on any atom is 0.408 e. The van der Waals surface area contributed by atoms with E-state index in [0.717, 1.165) is 25.7 Å². The van der Waals surface area contributed by atoms with E-state index in [9.17, 15) is 24.6 Å². The number of carbonyl (C=O) groups excluding carboxylic acids is 2. The summed E-state index contributed by atoms with van der Waals surface area (Å²) in [7, 11) is 0. The molecule has 0 unspecified atom stereocenters. The Labute approximate surface area is 221 Å². The van der Waals surface area contributed by atoms with E-state index >= 15 is 0 Å². The number of amides is 2. The summed E-state index contributed by atoms with van der Waals surface area (Å²) < 4.78 is 5.12. The largest absolute Gasteiger partial charge is 0.480 e. The van der Waals surface area contributed by atoms with Gasteiger partial charge in [-0.25, -0.2) is 9.59 Å². The lowest BCUT2D eigenvalue weighted by Gasteiger charge is -2.25. The Morgan fingerprint density at radius 1 is 0.944 bits per heavy atom. The molecule has 3 atom stereocenters. The van der Waals surface area contributed by atoms with Gasteiger partial charge in [-0.3, -0.25) is 4.79 Å². The second kappa shape index (κ2) is 17.2. The molecule has 0 aromatic heterocycles. The van der Waals surface area contributed by atoms with Gasteiger partial charge in [0.25, 0.3) is 0 Å². The Bertz CT molecular complexity index is 808. The minimum atomic E-state index is -1.34. The zero-order chi connectivity index (χ0) is 27.9. The first-order valence-corrected chi connectivity index (χ1v) is 13.5. The van der Waals surface area contributed by atoms with Crippen LogP contribution in [0.1, 0.15) is 81.1 Å². The fraction of sp³-hybridized carbons (Fsp3) is 0.667. The quantitative estimate of drug-likeness (QED) is 0.175. The number of carboxylic acids is 1. The Morgan fingerprint density at radius 2 is 1.50 bits per heavy atom. The first-order valence-electron chi connectivity index (χ1n) is 12.4. The summed E-state index contributed by atoms with van der Waals surface area (Å²) in [6.45, 7) is 14.8. The number of aliphatic carboxylic acids is 1. The van der Waals surface area contributed by atoms with Gasteiger partial charge in [-0.05, 0) is 81.1 Å². The number of nitrogens with one attached hydrogen (secondary N) is 2. The normalized spacial score (nSPS) is 14.9. The second-order valence-corrected chi connectivity index (χ2v) is 11.3. The standard InChI is InChI=1S/C27H46N2O6S/c1-18(2)11-9-12-19(3)13-10-14-20(4)15-16-36-17-22(25(32)33)28-24(31)23(21(5)30)29-26(34)35-27(6,7)8/h11,13,15,21-23,30H,9-10,12,14,16-17H2,1-8H3,(H,28,31)(H,29,34)(H,32,33)/t21-,22-,23-/m0/s1. The van der Waals surface area contributed by atoms with Crippen LogP contribution in [0.4, 0.5) is 4.79 Å². The summed E-state index contributed by atoms with van der Waals surface area (Å²) in [5.41, 5.74) is 3.16. The van der Waals surface area contributed by atoms with Crippen molar-refractivity contribution in [2.45, 2.75) is 105 Å². The predicted octanol–water partition coefficient (Wildman–Crippen LogP) is 4.98. The van der Waals surface area contributed by atoms with Crippen molar-refractivity contribution in [3.63, 3.8) is 0 Å². The summed E-state index contributed by atoms with van der Waals surface area (Å²) in [5.74, 6) is -1.22. The van der Waals surface area contributed by atoms with E-state index in [2.05, 4.69) is 56.6 Å². The third-order valence-electron chi connectivity index (χ3n) is 5.01. The molecule has 2 amide bonds. The fourth-order valence-electron chi connectivity index (χ4n) is 3.00. The van der Waals surface area contributed by atoms with Crippen LogP contribution < -0.4 is 10.6 Å². The van der Waals surface area contributed by atoms with E-state index < -0.39 is 41.8 Å². The number of hydrogen-bond donors (Lipinski definition) is 4. The minimum absolute atomic E-state index is 0.146. The van der Waals surface area contributed by atoms with E-state index in [1.165, 1.54) is 35.4 Å². The molecule has 8 nitrogen and oxygen atoms in total. The Morgan fingerprint density at radius 3 is 2.00 bits per heavy atom. The lowest BCUT2D eigenvalue weighted by atomic mass is 10.1. The molecule has 0 radical (unpaired) electrons. The molecular formula is C27H46N2O6S. The van der Waals surface area contributed by atoms with Gasteiger partial charge in [0.2, 0.25) is 5.91 Å². The van der Waals surface area contributed by atoms with Gasteiger partial charge in [0.05, 0.1) is 6.10 Å². The third-order valence-corrected chi connectivity index (χ3v) is 5.98. The summed E-state index contributed by atoms with van der Waals surface area (Å²) in [6, 6.07) is -2.50. The van der Waals surface area contributed by atoms with Crippen molar-refractivity contribution in [1.29, 1.82) is 0 Å². The number of aliphatic hydroxyl groups excluding tert-OH is 1. The molecule has 36 heavy (non-hydrogen) atoms. The SMILES string of the molecule is CC(C)=CCCC(C)=CCCC(C)=CCSC[C@H](NC(=O)[C@@H](NC(=O)OC(C)(C)C)[C@H](C)O)C(=O)O. The lowest BCUT2D eigenvalue weighted by Crippen LogP contribution is -2.56. The van der Waals surface area contributed by atoms with Gasteiger partial charge in [-0.1, -0.05) is 34.9 Å². The van der Waals surface area contributed by atoms with Crippen LogP contribution in [0.2, 0.25) is 0 Å². The average molecular weight is 527 g/mol. The predicted molar refractivity (Wildman–Crippen MR) is 147 cm³/mol. The van der Waals surface area contributed by atoms with E-state index in [4.69, 9.17) is 4.74 Å². The monoisotopic (exact) mass is 526 g/mol. The summed E-state index contributed by atoms with van der Waals surface area (Å²) in [4.78, 5) is 36.2. The number of allylic oxidation sites excluding steroid dienone is 5. The number of hydrogen-bond acceptors (Lipinski definition) is 6. The van der Waals surface area contributed by atoms with Gasteiger partial charge in [0.15, 0.2) is 0 Å². The molecule has 0 bridgehead atoms. The maximum atomic E-state index is 12.6. The molecule has 0 saturated heterocycles. The van der Waals surface area contributed by atoms with Gasteiger partial charge in [0, 0.05) is 11.5 Å². The van der Waals surface area contributed by atoms with Crippen LogP contribution in [0.15, 0.2) is 34.9 Å². The van der Waals surface area contributed by atoms with Crippen molar-refractivity contribution in [3.8, 4) is 0 Å². The molecule has 0 aromatic rings. The topological polar surface area (TPSA) is 125 Å². The number of carboxylic acid groups (broad SMARTS) is 1. The van der Waals surface area contributed by atoms with Gasteiger partial charge in [-0.2, -0.15) is 11.8 Å². The molecule has 206 valence electrons. The summed E-state index contributed by atoms with van der Waals surface area (Å²) in [5, 5.41) is 24.2. The van der Waals surface area contributed by atoms with Crippen molar-refractivity contribution in [3.05, 3.63) is 34.9 Å². The van der Waals surface area contributed by atoms with Crippen LogP contribution in [0.5, 0.6) is 0 Å². The van der Waals surface area contributed by atoms with Crippen LogP contribution in [0.3, 0.4) is 0 Å². The van der Waals surface area contributed by atoms with Crippen LogP contribution in [-0.4, -0.2) is 63.5 Å². The Kier molecular flexibility index (Phi) is 16.2. The molecule has 0 heterocycles. The third kappa shape index (κ3) is 17.2. The van der Waals surface area contributed by atoms with Crippen LogP contribution in [0.25, 0.3) is 0 Å². The highest BCUT2D eigenvalue weighted by molar-refractivity contribution is 7.99. The lowest BCUT2D eigenvalue weighted by molar-refractivity contribution is -0.141. The molecule has 0 aliphatic heterocycles. The highest BCUT2D eigenvalue weighted by Gasteiger charge is 2.31. The molecule has 0 aromatic carbocycles. The van der Waals surface area contributed by atoms with Gasteiger partial charge >= 0.3 is 12.1 Å². The van der Waals surface area contributed by atoms with Gasteiger partial charge in [-0.15, -0.1) is 0 Å². The van der Waals surface area contributed by atoms with E-state index in [1.54, 1.807) is 20.8 Å². The second-order valence-electron chi connectivity index (χ2n) is 10.3. The molecule has 0 fully saturated rings. The van der Waals surface area contributed by atoms with Crippen LogP contribution >= 0.6 is 11.8 Å². The van der Waals surface area contributed by atoms with Crippen molar-refractivity contribution >= 4 is 29.7 Å². The highest BCUT2D eigenvalue weighted by atomic mass is 32.2. The number of rotatable bonds is 15. The number of thioether (sulfide) groups is 1. The van der Waals surface area contributed by atoms with Gasteiger partial charge in [0.1, 0.15) is 17.7 Å². The molecule has 0 spiro atoms. The molecule has 0 rings (SSSR count).